The number of amides is 1. The molecule has 114 valence electrons. The molecule has 0 aliphatic rings. The predicted octanol–water partition coefficient (Wildman–Crippen LogP) is 4.04. The Balaban J connectivity index is 1.90. The zero-order valence-corrected chi connectivity index (χ0v) is 11.6. The van der Waals surface area contributed by atoms with Gasteiger partial charge in [-0.25, -0.2) is 0 Å². The maximum atomic E-state index is 12.4. The fourth-order valence-electron chi connectivity index (χ4n) is 1.80. The van der Waals surface area contributed by atoms with Crippen molar-refractivity contribution in [3.63, 3.8) is 0 Å². The van der Waals surface area contributed by atoms with Crippen LogP contribution in [0.4, 0.5) is 13.2 Å². The molecule has 0 aliphatic heterocycles. The summed E-state index contributed by atoms with van der Waals surface area (Å²) in [4.78, 5) is 11.6. The highest BCUT2D eigenvalue weighted by Gasteiger charge is 2.29. The SMILES string of the molecule is O=C(/C=C/c1ccc(C(F)(F)F)cc1)NCc1ccccc1. The van der Waals surface area contributed by atoms with Crippen LogP contribution < -0.4 is 5.32 Å². The number of hydrogen-bond donors (Lipinski definition) is 1. The average Bonchev–Trinajstić information content (AvgIpc) is 2.51. The maximum Gasteiger partial charge on any atom is 0.416 e. The summed E-state index contributed by atoms with van der Waals surface area (Å²) in [5.41, 5.74) is 0.792. The lowest BCUT2D eigenvalue weighted by molar-refractivity contribution is -0.137. The topological polar surface area (TPSA) is 29.1 Å². The molecule has 2 aromatic rings. The van der Waals surface area contributed by atoms with Crippen LogP contribution in [-0.2, 0) is 17.5 Å². The molecule has 0 radical (unpaired) electrons. The highest BCUT2D eigenvalue weighted by Crippen LogP contribution is 2.29. The molecule has 2 aromatic carbocycles. The van der Waals surface area contributed by atoms with E-state index in [4.69, 9.17) is 0 Å². The molecule has 0 spiro atoms. The Morgan fingerprint density at radius 1 is 1.00 bits per heavy atom. The first-order chi connectivity index (χ1) is 10.4. The summed E-state index contributed by atoms with van der Waals surface area (Å²) in [6.45, 7) is 0.400. The first kappa shape index (κ1) is 15.8. The Morgan fingerprint density at radius 3 is 2.23 bits per heavy atom. The van der Waals surface area contributed by atoms with Gasteiger partial charge in [0.2, 0.25) is 5.91 Å². The van der Waals surface area contributed by atoms with E-state index >= 15 is 0 Å². The van der Waals surface area contributed by atoms with Gasteiger partial charge in [0.05, 0.1) is 5.56 Å². The van der Waals surface area contributed by atoms with Crippen molar-refractivity contribution in [3.05, 3.63) is 77.4 Å². The summed E-state index contributed by atoms with van der Waals surface area (Å²) >= 11 is 0. The summed E-state index contributed by atoms with van der Waals surface area (Å²) in [6.07, 6.45) is -1.58. The van der Waals surface area contributed by atoms with Crippen molar-refractivity contribution in [1.29, 1.82) is 0 Å². The molecule has 0 aromatic heterocycles. The van der Waals surface area contributed by atoms with Crippen LogP contribution in [0, 0.1) is 0 Å². The van der Waals surface area contributed by atoms with Crippen molar-refractivity contribution in [2.24, 2.45) is 0 Å². The molecule has 0 saturated heterocycles. The Bertz CT molecular complexity index is 646. The van der Waals surface area contributed by atoms with Gasteiger partial charge in [-0.2, -0.15) is 13.2 Å². The summed E-state index contributed by atoms with van der Waals surface area (Å²) in [5, 5.41) is 2.70. The number of alkyl halides is 3. The van der Waals surface area contributed by atoms with Gasteiger partial charge in [0.25, 0.3) is 0 Å². The zero-order valence-electron chi connectivity index (χ0n) is 11.6. The summed E-state index contributed by atoms with van der Waals surface area (Å²) < 4.78 is 37.2. The molecule has 0 aliphatic carbocycles. The van der Waals surface area contributed by atoms with Crippen molar-refractivity contribution in [2.75, 3.05) is 0 Å². The number of carbonyl (C=O) groups is 1. The molecule has 0 fully saturated rings. The number of benzene rings is 2. The third-order valence-corrected chi connectivity index (χ3v) is 2.97. The lowest BCUT2D eigenvalue weighted by Crippen LogP contribution is -2.20. The van der Waals surface area contributed by atoms with E-state index in [1.807, 2.05) is 30.3 Å². The van der Waals surface area contributed by atoms with E-state index in [0.717, 1.165) is 17.7 Å². The second kappa shape index (κ2) is 6.93. The van der Waals surface area contributed by atoms with Crippen LogP contribution in [0.2, 0.25) is 0 Å². The number of carbonyl (C=O) groups excluding carboxylic acids is 1. The third kappa shape index (κ3) is 4.77. The smallest absolute Gasteiger partial charge is 0.348 e. The first-order valence-corrected chi connectivity index (χ1v) is 6.62. The van der Waals surface area contributed by atoms with Gasteiger partial charge < -0.3 is 5.32 Å². The van der Waals surface area contributed by atoms with E-state index in [1.54, 1.807) is 0 Å². The molecule has 0 unspecified atom stereocenters. The predicted molar refractivity (Wildman–Crippen MR) is 78.8 cm³/mol. The van der Waals surface area contributed by atoms with Crippen molar-refractivity contribution in [2.45, 2.75) is 12.7 Å². The molecule has 0 saturated carbocycles. The minimum absolute atomic E-state index is 0.302. The normalized spacial score (nSPS) is 11.6. The quantitative estimate of drug-likeness (QED) is 0.849. The molecule has 1 amide bonds. The van der Waals surface area contributed by atoms with Crippen LogP contribution in [-0.4, -0.2) is 5.91 Å². The largest absolute Gasteiger partial charge is 0.416 e. The maximum absolute atomic E-state index is 12.4. The van der Waals surface area contributed by atoms with Gasteiger partial charge in [-0.15, -0.1) is 0 Å². The lowest BCUT2D eigenvalue weighted by Gasteiger charge is -2.06. The molecule has 22 heavy (non-hydrogen) atoms. The van der Waals surface area contributed by atoms with E-state index in [0.29, 0.717) is 12.1 Å². The molecular formula is C17H14F3NO. The first-order valence-electron chi connectivity index (χ1n) is 6.62. The van der Waals surface area contributed by atoms with Gasteiger partial charge in [0, 0.05) is 12.6 Å². The van der Waals surface area contributed by atoms with E-state index in [-0.39, 0.29) is 5.91 Å². The van der Waals surface area contributed by atoms with E-state index < -0.39 is 11.7 Å². The van der Waals surface area contributed by atoms with Crippen LogP contribution in [0.1, 0.15) is 16.7 Å². The summed E-state index contributed by atoms with van der Waals surface area (Å²) in [6, 6.07) is 14.0. The van der Waals surface area contributed by atoms with Crippen molar-refractivity contribution >= 4 is 12.0 Å². The number of halogens is 3. The van der Waals surface area contributed by atoms with Crippen LogP contribution in [0.15, 0.2) is 60.7 Å². The molecule has 1 N–H and O–H groups in total. The van der Waals surface area contributed by atoms with Gasteiger partial charge in [0.15, 0.2) is 0 Å². The molecule has 5 heteroatoms. The van der Waals surface area contributed by atoms with E-state index in [1.165, 1.54) is 24.3 Å². The van der Waals surface area contributed by atoms with Crippen LogP contribution in [0.25, 0.3) is 6.08 Å². The van der Waals surface area contributed by atoms with Crippen molar-refractivity contribution < 1.29 is 18.0 Å². The van der Waals surface area contributed by atoms with Crippen molar-refractivity contribution in [3.8, 4) is 0 Å². The van der Waals surface area contributed by atoms with Crippen LogP contribution >= 0.6 is 0 Å². The van der Waals surface area contributed by atoms with Gasteiger partial charge >= 0.3 is 6.18 Å². The van der Waals surface area contributed by atoms with Gasteiger partial charge in [0.1, 0.15) is 0 Å². The second-order valence-corrected chi connectivity index (χ2v) is 4.66. The van der Waals surface area contributed by atoms with E-state index in [2.05, 4.69) is 5.32 Å². The minimum atomic E-state index is -4.35. The molecule has 0 bridgehead atoms. The van der Waals surface area contributed by atoms with Crippen molar-refractivity contribution in [1.82, 2.24) is 5.32 Å². The highest BCUT2D eigenvalue weighted by atomic mass is 19.4. The molecule has 2 nitrogen and oxygen atoms in total. The zero-order chi connectivity index (χ0) is 16.0. The molecular weight excluding hydrogens is 291 g/mol. The average molecular weight is 305 g/mol. The number of nitrogens with one attached hydrogen (secondary N) is 1. The summed E-state index contributed by atoms with van der Waals surface area (Å²) in [5.74, 6) is -0.302. The Kier molecular flexibility index (Phi) is 4.99. The molecule has 0 atom stereocenters. The van der Waals surface area contributed by atoms with Crippen LogP contribution in [0.5, 0.6) is 0 Å². The monoisotopic (exact) mass is 305 g/mol. The number of hydrogen-bond acceptors (Lipinski definition) is 1. The van der Waals surface area contributed by atoms with Gasteiger partial charge in [-0.1, -0.05) is 42.5 Å². The molecule has 2 rings (SSSR count). The van der Waals surface area contributed by atoms with Gasteiger partial charge in [-0.05, 0) is 29.3 Å². The Morgan fingerprint density at radius 2 is 1.64 bits per heavy atom. The third-order valence-electron chi connectivity index (χ3n) is 2.97. The van der Waals surface area contributed by atoms with E-state index in [9.17, 15) is 18.0 Å². The van der Waals surface area contributed by atoms with Gasteiger partial charge in [-0.3, -0.25) is 4.79 Å². The number of rotatable bonds is 4. The lowest BCUT2D eigenvalue weighted by atomic mass is 10.1. The fraction of sp³-hybridized carbons (Fsp3) is 0.118. The minimum Gasteiger partial charge on any atom is -0.348 e. The fourth-order valence-corrected chi connectivity index (χ4v) is 1.80. The molecule has 0 heterocycles. The Labute approximate surface area is 126 Å². The summed E-state index contributed by atoms with van der Waals surface area (Å²) in [7, 11) is 0. The van der Waals surface area contributed by atoms with Crippen LogP contribution in [0.3, 0.4) is 0 Å². The second-order valence-electron chi connectivity index (χ2n) is 4.66. The highest BCUT2D eigenvalue weighted by molar-refractivity contribution is 5.91. The standard InChI is InChI=1S/C17H14F3NO/c18-17(19,20)15-9-6-13(7-10-15)8-11-16(22)21-12-14-4-2-1-3-5-14/h1-11H,12H2,(H,21,22)/b11-8+. The Hall–Kier alpha value is -2.56.